The van der Waals surface area contributed by atoms with E-state index in [1.54, 1.807) is 7.05 Å². The molecule has 0 spiro atoms. The van der Waals surface area contributed by atoms with E-state index in [9.17, 15) is 4.79 Å². The molecule has 0 radical (unpaired) electrons. The van der Waals surface area contributed by atoms with Gasteiger partial charge in [-0.25, -0.2) is 0 Å². The maximum Gasteiger partial charge on any atom is 0.258 e. The Balaban J connectivity index is 2.27. The van der Waals surface area contributed by atoms with Crippen LogP contribution in [0.15, 0.2) is 24.7 Å². The number of aryl methyl sites for hydroxylation is 1. The van der Waals surface area contributed by atoms with E-state index in [2.05, 4.69) is 15.4 Å². The molecule has 0 saturated heterocycles. The van der Waals surface area contributed by atoms with E-state index in [1.807, 2.05) is 6.07 Å². The zero-order valence-electron chi connectivity index (χ0n) is 9.38. The molecule has 0 atom stereocenters. The van der Waals surface area contributed by atoms with Crippen LogP contribution in [0.3, 0.4) is 0 Å². The van der Waals surface area contributed by atoms with Crippen molar-refractivity contribution in [1.82, 2.24) is 14.8 Å². The van der Waals surface area contributed by atoms with Gasteiger partial charge in [0.1, 0.15) is 11.6 Å². The number of aromatic nitrogens is 3. The predicted molar refractivity (Wildman–Crippen MR) is 65.1 cm³/mol. The minimum Gasteiger partial charge on any atom is -0.304 e. The highest BCUT2D eigenvalue weighted by molar-refractivity contribution is 6.34. The summed E-state index contributed by atoms with van der Waals surface area (Å²) in [6.07, 6.45) is 4.36. The van der Waals surface area contributed by atoms with Crippen molar-refractivity contribution >= 4 is 23.3 Å². The van der Waals surface area contributed by atoms with Crippen molar-refractivity contribution in [3.8, 4) is 6.07 Å². The number of rotatable bonds is 2. The first-order valence-electron chi connectivity index (χ1n) is 4.96. The summed E-state index contributed by atoms with van der Waals surface area (Å²) in [6.45, 7) is 0. The van der Waals surface area contributed by atoms with E-state index < -0.39 is 5.91 Å². The Morgan fingerprint density at radius 1 is 1.61 bits per heavy atom. The van der Waals surface area contributed by atoms with E-state index in [0.29, 0.717) is 0 Å². The summed E-state index contributed by atoms with van der Waals surface area (Å²) in [6, 6.07) is 3.44. The van der Waals surface area contributed by atoms with Gasteiger partial charge in [0.2, 0.25) is 0 Å². The number of halogens is 1. The van der Waals surface area contributed by atoms with E-state index in [-0.39, 0.29) is 22.0 Å². The first kappa shape index (κ1) is 12.1. The Hall–Kier alpha value is -2.39. The Kier molecular flexibility index (Phi) is 3.26. The van der Waals surface area contributed by atoms with Crippen LogP contribution in [-0.4, -0.2) is 20.7 Å². The Labute approximate surface area is 108 Å². The number of carbonyl (C=O) groups excluding carboxylic acids is 1. The van der Waals surface area contributed by atoms with Gasteiger partial charge in [-0.3, -0.25) is 14.5 Å². The number of pyridine rings is 1. The lowest BCUT2D eigenvalue weighted by molar-refractivity contribution is 0.102. The smallest absolute Gasteiger partial charge is 0.258 e. The third-order valence-corrected chi connectivity index (χ3v) is 2.50. The molecule has 2 aromatic rings. The molecular weight excluding hydrogens is 254 g/mol. The molecule has 0 aliphatic heterocycles. The predicted octanol–water partition coefficient (Wildman–Crippen LogP) is 1.59. The number of hydrogen-bond acceptors (Lipinski definition) is 4. The van der Waals surface area contributed by atoms with Gasteiger partial charge in [0.15, 0.2) is 5.82 Å². The van der Waals surface area contributed by atoms with Gasteiger partial charge < -0.3 is 5.32 Å². The third kappa shape index (κ3) is 2.31. The molecule has 18 heavy (non-hydrogen) atoms. The molecule has 0 saturated carbocycles. The molecular formula is C11H8ClN5O. The maximum atomic E-state index is 11.9. The van der Waals surface area contributed by atoms with Crippen LogP contribution in [0.2, 0.25) is 5.02 Å². The van der Waals surface area contributed by atoms with E-state index in [1.165, 1.54) is 29.3 Å². The van der Waals surface area contributed by atoms with Crippen molar-refractivity contribution < 1.29 is 4.79 Å². The summed E-state index contributed by atoms with van der Waals surface area (Å²) in [5.41, 5.74) is 0.567. The Bertz CT molecular complexity index is 643. The summed E-state index contributed by atoms with van der Waals surface area (Å²) in [5, 5.41) is 15.6. The molecule has 1 amide bonds. The molecule has 6 nitrogen and oxygen atoms in total. The third-order valence-electron chi connectivity index (χ3n) is 2.20. The van der Waals surface area contributed by atoms with Gasteiger partial charge in [-0.05, 0) is 6.07 Å². The minimum atomic E-state index is -0.433. The van der Waals surface area contributed by atoms with Crippen LogP contribution in [0.5, 0.6) is 0 Å². The van der Waals surface area contributed by atoms with Gasteiger partial charge in [0, 0.05) is 25.6 Å². The van der Waals surface area contributed by atoms with Gasteiger partial charge in [-0.1, -0.05) is 11.6 Å². The van der Waals surface area contributed by atoms with Gasteiger partial charge >= 0.3 is 0 Å². The molecule has 2 heterocycles. The molecule has 0 fully saturated rings. The lowest BCUT2D eigenvalue weighted by atomic mass is 10.2. The number of nitrogens with zero attached hydrogens (tertiary/aromatic N) is 4. The molecule has 2 rings (SSSR count). The highest BCUT2D eigenvalue weighted by Gasteiger charge is 2.14. The molecule has 0 unspecified atom stereocenters. The Morgan fingerprint density at radius 2 is 2.39 bits per heavy atom. The monoisotopic (exact) mass is 261 g/mol. The fraction of sp³-hybridized carbons (Fsp3) is 0.0909. The second kappa shape index (κ2) is 4.85. The standard InChI is InChI=1S/C11H8ClN5O/c1-17-6-7(4-13)10(16-17)15-11(18)8-2-3-14-5-9(8)12/h2-3,5-6H,1H3,(H,15,16,18). The van der Waals surface area contributed by atoms with Gasteiger partial charge in [-0.2, -0.15) is 10.4 Å². The van der Waals surface area contributed by atoms with Crippen LogP contribution in [0, 0.1) is 11.3 Å². The topological polar surface area (TPSA) is 83.6 Å². The van der Waals surface area contributed by atoms with Crippen molar-refractivity contribution in [3.05, 3.63) is 40.8 Å². The van der Waals surface area contributed by atoms with Crippen molar-refractivity contribution in [1.29, 1.82) is 5.26 Å². The van der Waals surface area contributed by atoms with Gasteiger partial charge in [0.25, 0.3) is 5.91 Å². The molecule has 0 aliphatic carbocycles. The minimum absolute atomic E-state index is 0.206. The van der Waals surface area contributed by atoms with Crippen molar-refractivity contribution in [3.63, 3.8) is 0 Å². The lowest BCUT2D eigenvalue weighted by Crippen LogP contribution is -2.14. The van der Waals surface area contributed by atoms with E-state index >= 15 is 0 Å². The summed E-state index contributed by atoms with van der Waals surface area (Å²) >= 11 is 5.85. The van der Waals surface area contributed by atoms with Crippen molar-refractivity contribution in [2.45, 2.75) is 0 Å². The molecule has 0 aliphatic rings. The zero-order chi connectivity index (χ0) is 13.1. The second-order valence-corrected chi connectivity index (χ2v) is 3.89. The highest BCUT2D eigenvalue weighted by atomic mass is 35.5. The SMILES string of the molecule is Cn1cc(C#N)c(NC(=O)c2ccncc2Cl)n1. The normalized spacial score (nSPS) is 9.83. The average Bonchev–Trinajstić information content (AvgIpc) is 2.70. The van der Waals surface area contributed by atoms with Crippen LogP contribution < -0.4 is 5.32 Å². The van der Waals surface area contributed by atoms with E-state index in [4.69, 9.17) is 16.9 Å². The van der Waals surface area contributed by atoms with Crippen LogP contribution in [0.4, 0.5) is 5.82 Å². The summed E-state index contributed by atoms with van der Waals surface area (Å²) in [4.78, 5) is 15.7. The quantitative estimate of drug-likeness (QED) is 0.890. The summed E-state index contributed by atoms with van der Waals surface area (Å²) in [7, 11) is 1.66. The average molecular weight is 262 g/mol. The molecule has 1 N–H and O–H groups in total. The molecule has 90 valence electrons. The van der Waals surface area contributed by atoms with Crippen molar-refractivity contribution in [2.24, 2.45) is 7.05 Å². The largest absolute Gasteiger partial charge is 0.304 e. The fourth-order valence-corrected chi connectivity index (χ4v) is 1.60. The lowest BCUT2D eigenvalue weighted by Gasteiger charge is -2.03. The molecule has 0 bridgehead atoms. The summed E-state index contributed by atoms with van der Waals surface area (Å²) in [5.74, 6) is -0.226. The maximum absolute atomic E-state index is 11.9. The highest BCUT2D eigenvalue weighted by Crippen LogP contribution is 2.17. The number of hydrogen-bond donors (Lipinski definition) is 1. The van der Waals surface area contributed by atoms with Crippen LogP contribution in [0.1, 0.15) is 15.9 Å². The molecule has 7 heteroatoms. The number of carbonyl (C=O) groups is 1. The second-order valence-electron chi connectivity index (χ2n) is 3.49. The Morgan fingerprint density at radius 3 is 3.06 bits per heavy atom. The number of anilines is 1. The van der Waals surface area contributed by atoms with Crippen molar-refractivity contribution in [2.75, 3.05) is 5.32 Å². The molecule has 2 aromatic heterocycles. The first-order chi connectivity index (χ1) is 8.61. The first-order valence-corrected chi connectivity index (χ1v) is 5.34. The van der Waals surface area contributed by atoms with Crippen LogP contribution in [0.25, 0.3) is 0 Å². The molecule has 0 aromatic carbocycles. The van der Waals surface area contributed by atoms with Crippen LogP contribution in [-0.2, 0) is 7.05 Å². The number of amides is 1. The van der Waals surface area contributed by atoms with Gasteiger partial charge in [-0.15, -0.1) is 0 Å². The number of nitrogens with one attached hydrogen (secondary N) is 1. The van der Waals surface area contributed by atoms with Crippen LogP contribution >= 0.6 is 11.6 Å². The van der Waals surface area contributed by atoms with Gasteiger partial charge in [0.05, 0.1) is 10.6 Å². The summed E-state index contributed by atoms with van der Waals surface area (Å²) < 4.78 is 1.45. The fourth-order valence-electron chi connectivity index (χ4n) is 1.40. The zero-order valence-corrected chi connectivity index (χ0v) is 10.1. The number of nitriles is 1. The van der Waals surface area contributed by atoms with E-state index in [0.717, 1.165) is 0 Å².